The van der Waals surface area contributed by atoms with Crippen LogP contribution in [-0.4, -0.2) is 43.4 Å². The summed E-state index contributed by atoms with van der Waals surface area (Å²) in [5.41, 5.74) is 3.97. The molecule has 2 heterocycles. The Bertz CT molecular complexity index is 1010. The highest BCUT2D eigenvalue weighted by molar-refractivity contribution is 5.96. The third-order valence-corrected chi connectivity index (χ3v) is 5.33. The summed E-state index contributed by atoms with van der Waals surface area (Å²) in [6, 6.07) is 9.23. The van der Waals surface area contributed by atoms with Gasteiger partial charge in [0, 0.05) is 29.3 Å². The first-order valence-corrected chi connectivity index (χ1v) is 9.95. The SMILES string of the molecule is Cc1ccc(-c2cc(C(=O)N[C@@H](C)CO)cc(-n3ncnc3C3CCC3)c2)nc1. The number of aryl methyl sites for hydroxylation is 1. The van der Waals surface area contributed by atoms with E-state index >= 15 is 0 Å². The second-order valence-corrected chi connectivity index (χ2v) is 7.70. The zero-order valence-electron chi connectivity index (χ0n) is 16.7. The van der Waals surface area contributed by atoms with Gasteiger partial charge in [-0.1, -0.05) is 12.5 Å². The third-order valence-electron chi connectivity index (χ3n) is 5.33. The van der Waals surface area contributed by atoms with E-state index in [9.17, 15) is 9.90 Å². The van der Waals surface area contributed by atoms with Crippen LogP contribution in [0, 0.1) is 6.92 Å². The van der Waals surface area contributed by atoms with Crippen LogP contribution < -0.4 is 5.32 Å². The van der Waals surface area contributed by atoms with Crippen molar-refractivity contribution in [2.24, 2.45) is 0 Å². The van der Waals surface area contributed by atoms with Gasteiger partial charge in [0.1, 0.15) is 12.2 Å². The van der Waals surface area contributed by atoms with Crippen molar-refractivity contribution in [2.75, 3.05) is 6.61 Å². The van der Waals surface area contributed by atoms with Crippen LogP contribution in [0.4, 0.5) is 0 Å². The van der Waals surface area contributed by atoms with Gasteiger partial charge < -0.3 is 10.4 Å². The lowest BCUT2D eigenvalue weighted by Gasteiger charge is -2.25. The first kappa shape index (κ1) is 19.3. The maximum absolute atomic E-state index is 12.8. The lowest BCUT2D eigenvalue weighted by molar-refractivity contribution is 0.0922. The Hall–Kier alpha value is -3.06. The van der Waals surface area contributed by atoms with E-state index in [2.05, 4.69) is 20.4 Å². The number of aromatic nitrogens is 4. The number of hydrogen-bond donors (Lipinski definition) is 2. The summed E-state index contributed by atoms with van der Waals surface area (Å²) in [5.74, 6) is 1.10. The maximum Gasteiger partial charge on any atom is 0.251 e. The molecule has 7 nitrogen and oxygen atoms in total. The molecule has 2 N–H and O–H groups in total. The largest absolute Gasteiger partial charge is 0.394 e. The van der Waals surface area contributed by atoms with Crippen molar-refractivity contribution in [3.63, 3.8) is 0 Å². The number of aliphatic hydroxyl groups is 1. The molecule has 1 atom stereocenters. The number of nitrogens with zero attached hydrogens (tertiary/aromatic N) is 4. The summed E-state index contributed by atoms with van der Waals surface area (Å²) in [7, 11) is 0. The molecule has 1 amide bonds. The predicted octanol–water partition coefficient (Wildman–Crippen LogP) is 3.02. The molecule has 0 spiro atoms. The average Bonchev–Trinajstić information content (AvgIpc) is 3.15. The van der Waals surface area contributed by atoms with Crippen LogP contribution in [0.1, 0.15) is 53.8 Å². The van der Waals surface area contributed by atoms with Crippen LogP contribution in [0.2, 0.25) is 0 Å². The van der Waals surface area contributed by atoms with E-state index in [1.54, 1.807) is 13.3 Å². The van der Waals surface area contributed by atoms with E-state index in [0.29, 0.717) is 11.5 Å². The summed E-state index contributed by atoms with van der Waals surface area (Å²) in [4.78, 5) is 21.8. The van der Waals surface area contributed by atoms with E-state index < -0.39 is 0 Å². The van der Waals surface area contributed by atoms with Crippen molar-refractivity contribution in [1.29, 1.82) is 0 Å². The molecule has 7 heteroatoms. The number of rotatable bonds is 6. The van der Waals surface area contributed by atoms with Gasteiger partial charge in [-0.25, -0.2) is 9.67 Å². The molecule has 0 aliphatic heterocycles. The molecular formula is C22H25N5O2. The molecule has 29 heavy (non-hydrogen) atoms. The summed E-state index contributed by atoms with van der Waals surface area (Å²) >= 11 is 0. The Morgan fingerprint density at radius 1 is 1.28 bits per heavy atom. The second kappa shape index (κ2) is 8.13. The normalized spacial score (nSPS) is 15.0. The van der Waals surface area contributed by atoms with E-state index in [1.165, 1.54) is 6.42 Å². The molecule has 1 aromatic carbocycles. The summed E-state index contributed by atoms with van der Waals surface area (Å²) < 4.78 is 1.83. The number of hydrogen-bond acceptors (Lipinski definition) is 5. The van der Waals surface area contributed by atoms with Gasteiger partial charge in [0.2, 0.25) is 0 Å². The van der Waals surface area contributed by atoms with Crippen LogP contribution in [0.15, 0.2) is 42.9 Å². The fourth-order valence-electron chi connectivity index (χ4n) is 3.40. The Morgan fingerprint density at radius 2 is 2.10 bits per heavy atom. The molecule has 150 valence electrons. The number of carbonyl (C=O) groups is 1. The van der Waals surface area contributed by atoms with Crippen molar-refractivity contribution in [2.45, 2.75) is 45.1 Å². The van der Waals surface area contributed by atoms with Gasteiger partial charge in [-0.2, -0.15) is 5.10 Å². The minimum Gasteiger partial charge on any atom is -0.394 e. The van der Waals surface area contributed by atoms with Crippen LogP contribution in [0.3, 0.4) is 0 Å². The predicted molar refractivity (Wildman–Crippen MR) is 110 cm³/mol. The van der Waals surface area contributed by atoms with Gasteiger partial charge >= 0.3 is 0 Å². The first-order valence-electron chi connectivity index (χ1n) is 9.95. The monoisotopic (exact) mass is 391 g/mol. The van der Waals surface area contributed by atoms with Crippen molar-refractivity contribution in [3.05, 3.63) is 59.8 Å². The fraction of sp³-hybridized carbons (Fsp3) is 0.364. The Morgan fingerprint density at radius 3 is 2.76 bits per heavy atom. The van der Waals surface area contributed by atoms with Gasteiger partial charge in [0.15, 0.2) is 0 Å². The topological polar surface area (TPSA) is 92.9 Å². The lowest BCUT2D eigenvalue weighted by atomic mass is 9.85. The molecule has 1 aliphatic carbocycles. The number of benzene rings is 1. The number of pyridine rings is 1. The van der Waals surface area contributed by atoms with E-state index in [1.807, 2.05) is 48.1 Å². The third kappa shape index (κ3) is 4.05. The minimum absolute atomic E-state index is 0.118. The van der Waals surface area contributed by atoms with Gasteiger partial charge in [0.25, 0.3) is 5.91 Å². The molecule has 0 saturated heterocycles. The molecular weight excluding hydrogens is 366 g/mol. The van der Waals surface area contributed by atoms with Crippen LogP contribution in [0.25, 0.3) is 16.9 Å². The molecule has 1 fully saturated rings. The maximum atomic E-state index is 12.8. The van der Waals surface area contributed by atoms with Crippen molar-refractivity contribution < 1.29 is 9.90 Å². The Balaban J connectivity index is 1.79. The summed E-state index contributed by atoms with van der Waals surface area (Å²) in [5, 5.41) is 16.5. The molecule has 1 aliphatic rings. The number of carbonyl (C=O) groups excluding carboxylic acids is 1. The molecule has 0 bridgehead atoms. The van der Waals surface area contributed by atoms with Gasteiger partial charge in [0.05, 0.1) is 18.0 Å². The number of aliphatic hydroxyl groups excluding tert-OH is 1. The highest BCUT2D eigenvalue weighted by Gasteiger charge is 2.25. The molecule has 4 rings (SSSR count). The van der Waals surface area contributed by atoms with Gasteiger partial charge in [-0.3, -0.25) is 9.78 Å². The van der Waals surface area contributed by atoms with E-state index in [-0.39, 0.29) is 18.6 Å². The van der Waals surface area contributed by atoms with Crippen molar-refractivity contribution in [3.8, 4) is 16.9 Å². The second-order valence-electron chi connectivity index (χ2n) is 7.70. The highest BCUT2D eigenvalue weighted by Crippen LogP contribution is 2.36. The van der Waals surface area contributed by atoms with E-state index in [4.69, 9.17) is 0 Å². The lowest BCUT2D eigenvalue weighted by Crippen LogP contribution is -2.35. The average molecular weight is 391 g/mol. The number of nitrogens with one attached hydrogen (secondary N) is 1. The summed E-state index contributed by atoms with van der Waals surface area (Å²) in [6.07, 6.45) is 6.80. The van der Waals surface area contributed by atoms with Crippen LogP contribution in [0.5, 0.6) is 0 Å². The van der Waals surface area contributed by atoms with E-state index in [0.717, 1.165) is 41.2 Å². The molecule has 1 saturated carbocycles. The molecule has 0 unspecified atom stereocenters. The van der Waals surface area contributed by atoms with Crippen molar-refractivity contribution in [1.82, 2.24) is 25.1 Å². The molecule has 3 aromatic rings. The van der Waals surface area contributed by atoms with Crippen molar-refractivity contribution >= 4 is 5.91 Å². The zero-order chi connectivity index (χ0) is 20.4. The van der Waals surface area contributed by atoms with Crippen LogP contribution in [-0.2, 0) is 0 Å². The van der Waals surface area contributed by atoms with Gasteiger partial charge in [-0.05, 0) is 56.5 Å². The smallest absolute Gasteiger partial charge is 0.251 e. The Kier molecular flexibility index (Phi) is 5.40. The van der Waals surface area contributed by atoms with Gasteiger partial charge in [-0.15, -0.1) is 0 Å². The quantitative estimate of drug-likeness (QED) is 0.674. The van der Waals surface area contributed by atoms with Crippen LogP contribution >= 0.6 is 0 Å². The summed E-state index contributed by atoms with van der Waals surface area (Å²) in [6.45, 7) is 3.63. The standard InChI is InChI=1S/C22H25N5O2/c1-14-6-7-20(23-11-14)17-8-18(22(29)26-15(2)12-28)10-19(9-17)27-21(24-13-25-27)16-4-3-5-16/h6-11,13,15-16,28H,3-5,12H2,1-2H3,(H,26,29)/t15-/m0/s1. The fourth-order valence-corrected chi connectivity index (χ4v) is 3.40. The highest BCUT2D eigenvalue weighted by atomic mass is 16.3. The molecule has 2 aromatic heterocycles. The Labute approximate surface area is 169 Å². The first-order chi connectivity index (χ1) is 14.0. The minimum atomic E-state index is -0.330. The molecule has 0 radical (unpaired) electrons. The number of amides is 1. The zero-order valence-corrected chi connectivity index (χ0v) is 16.7.